The maximum Gasteiger partial charge on any atom is 0.395 e. The molecule has 1 heterocycles. The number of nitrogens with zero attached hydrogens (tertiary/aromatic N) is 1. The molecule has 0 radical (unpaired) electrons. The second-order valence-corrected chi connectivity index (χ2v) is 12.3. The van der Waals surface area contributed by atoms with Gasteiger partial charge in [-0.15, -0.1) is 0 Å². The zero-order chi connectivity index (χ0) is 26.8. The molecule has 2 aromatic carbocycles. The molecule has 1 N–H and O–H groups in total. The van der Waals surface area contributed by atoms with E-state index in [4.69, 9.17) is 16.3 Å². The number of halogens is 6. The lowest BCUT2D eigenvalue weighted by Crippen LogP contribution is -2.38. The molecule has 1 aliphatic heterocycles. The third-order valence-electron chi connectivity index (χ3n) is 5.90. The predicted molar refractivity (Wildman–Crippen MR) is 138 cm³/mol. The van der Waals surface area contributed by atoms with Gasteiger partial charge in [0, 0.05) is 31.3 Å². The number of alkyl halides is 3. The standard InChI is InChI=1S/C23H24ClF4IN2O4S/c1-13(23(26,27)28)15-8-16(25)10-18(9-15)35-22-19(24)11-17(12-20(22)29)30-21(32)7-14-3-5-31(6-4-14)36(2,33)34/h8-14H,3-7H2,1-2H3,(H,30,32). The lowest BCUT2D eigenvalue weighted by molar-refractivity contribution is -0.146. The molecule has 0 bridgehead atoms. The maximum atomic E-state index is 14.0. The Bertz CT molecular complexity index is 1210. The number of anilines is 1. The smallest absolute Gasteiger partial charge is 0.395 e. The van der Waals surface area contributed by atoms with E-state index in [0.29, 0.717) is 35.2 Å². The maximum absolute atomic E-state index is 14.0. The summed E-state index contributed by atoms with van der Waals surface area (Å²) in [5.74, 6) is -3.01. The van der Waals surface area contributed by atoms with Gasteiger partial charge in [-0.2, -0.15) is 13.2 Å². The van der Waals surface area contributed by atoms with Crippen LogP contribution >= 0.6 is 34.2 Å². The number of benzene rings is 2. The van der Waals surface area contributed by atoms with E-state index in [1.807, 2.05) is 22.6 Å². The summed E-state index contributed by atoms with van der Waals surface area (Å²) < 4.78 is 83.9. The van der Waals surface area contributed by atoms with Crippen molar-refractivity contribution in [1.29, 1.82) is 0 Å². The number of carbonyl (C=O) groups is 1. The summed E-state index contributed by atoms with van der Waals surface area (Å²) in [6.45, 7) is 1.67. The van der Waals surface area contributed by atoms with Crippen LogP contribution in [0.4, 0.5) is 23.2 Å². The number of piperidine rings is 1. The molecule has 0 spiro atoms. The SMILES string of the molecule is CC(c1cc(F)cc(Oc2c(Cl)cc(NC(=O)CC3CCN(S(C)(=O)=O)CC3)cc2I)c1)C(F)(F)F. The van der Waals surface area contributed by atoms with E-state index >= 15 is 0 Å². The number of hydrogen-bond acceptors (Lipinski definition) is 4. The number of nitrogens with one attached hydrogen (secondary N) is 1. The van der Waals surface area contributed by atoms with Gasteiger partial charge in [0.1, 0.15) is 11.6 Å². The topological polar surface area (TPSA) is 75.7 Å². The average Bonchev–Trinajstić information content (AvgIpc) is 2.74. The molecule has 198 valence electrons. The van der Waals surface area contributed by atoms with Gasteiger partial charge in [0.25, 0.3) is 0 Å². The Hall–Kier alpha value is -1.64. The molecular formula is C23H24ClF4IN2O4S. The van der Waals surface area contributed by atoms with Gasteiger partial charge in [-0.25, -0.2) is 17.1 Å². The van der Waals surface area contributed by atoms with Gasteiger partial charge < -0.3 is 10.1 Å². The van der Waals surface area contributed by atoms with Crippen molar-refractivity contribution >= 4 is 55.8 Å². The normalized spacial score (nSPS) is 16.6. The monoisotopic (exact) mass is 662 g/mol. The van der Waals surface area contributed by atoms with Gasteiger partial charge in [-0.05, 0) is 78.1 Å². The second-order valence-electron chi connectivity index (χ2n) is 8.71. The highest BCUT2D eigenvalue weighted by Crippen LogP contribution is 2.40. The molecule has 1 amide bonds. The Balaban J connectivity index is 1.67. The molecule has 1 saturated heterocycles. The summed E-state index contributed by atoms with van der Waals surface area (Å²) in [6, 6.07) is 5.88. The zero-order valence-electron chi connectivity index (χ0n) is 19.3. The molecule has 36 heavy (non-hydrogen) atoms. The van der Waals surface area contributed by atoms with E-state index in [2.05, 4.69) is 5.32 Å². The summed E-state index contributed by atoms with van der Waals surface area (Å²) >= 11 is 8.21. The van der Waals surface area contributed by atoms with Crippen molar-refractivity contribution in [1.82, 2.24) is 4.31 Å². The largest absolute Gasteiger partial charge is 0.455 e. The van der Waals surface area contributed by atoms with Crippen molar-refractivity contribution < 1.29 is 35.5 Å². The Morgan fingerprint density at radius 3 is 2.42 bits per heavy atom. The number of sulfonamides is 1. The first-order chi connectivity index (χ1) is 16.6. The molecule has 1 unspecified atom stereocenters. The van der Waals surface area contributed by atoms with E-state index in [1.54, 1.807) is 6.07 Å². The van der Waals surface area contributed by atoms with Crippen LogP contribution in [0.5, 0.6) is 11.5 Å². The Morgan fingerprint density at radius 2 is 1.86 bits per heavy atom. The van der Waals surface area contributed by atoms with Crippen molar-refractivity contribution in [3.8, 4) is 11.5 Å². The number of carbonyl (C=O) groups excluding carboxylic acids is 1. The van der Waals surface area contributed by atoms with Crippen LogP contribution in [0.2, 0.25) is 5.02 Å². The highest BCUT2D eigenvalue weighted by Gasteiger charge is 2.37. The van der Waals surface area contributed by atoms with Crippen LogP contribution in [-0.2, 0) is 14.8 Å². The van der Waals surface area contributed by atoms with Gasteiger partial charge >= 0.3 is 6.18 Å². The van der Waals surface area contributed by atoms with Gasteiger partial charge in [0.05, 0.1) is 20.8 Å². The van der Waals surface area contributed by atoms with Crippen LogP contribution in [-0.4, -0.2) is 44.2 Å². The summed E-state index contributed by atoms with van der Waals surface area (Å²) in [5, 5.41) is 2.83. The quantitative estimate of drug-likeness (QED) is 0.270. The molecule has 0 aliphatic carbocycles. The lowest BCUT2D eigenvalue weighted by atomic mass is 9.94. The second kappa shape index (κ2) is 11.4. The number of rotatable bonds is 7. The molecule has 3 rings (SSSR count). The lowest BCUT2D eigenvalue weighted by Gasteiger charge is -2.29. The Morgan fingerprint density at radius 1 is 1.22 bits per heavy atom. The van der Waals surface area contributed by atoms with Crippen LogP contribution in [0, 0.1) is 15.3 Å². The fraction of sp³-hybridized carbons (Fsp3) is 0.435. The minimum atomic E-state index is -4.54. The zero-order valence-corrected chi connectivity index (χ0v) is 23.1. The van der Waals surface area contributed by atoms with Crippen molar-refractivity contribution in [2.45, 2.75) is 38.3 Å². The highest BCUT2D eigenvalue weighted by atomic mass is 127. The summed E-state index contributed by atoms with van der Waals surface area (Å²) in [6.07, 6.45) is -2.01. The first-order valence-electron chi connectivity index (χ1n) is 10.9. The van der Waals surface area contributed by atoms with E-state index in [0.717, 1.165) is 31.4 Å². The Kier molecular flexibility index (Phi) is 9.16. The first kappa shape index (κ1) is 28.9. The minimum Gasteiger partial charge on any atom is -0.455 e. The highest BCUT2D eigenvalue weighted by molar-refractivity contribution is 14.1. The molecule has 13 heteroatoms. The molecular weight excluding hydrogens is 639 g/mol. The fourth-order valence-electron chi connectivity index (χ4n) is 3.85. The van der Waals surface area contributed by atoms with Crippen molar-refractivity contribution in [2.75, 3.05) is 24.7 Å². The third-order valence-corrected chi connectivity index (χ3v) is 8.29. The molecule has 0 aromatic heterocycles. The molecule has 1 atom stereocenters. The number of amides is 1. The molecule has 0 saturated carbocycles. The molecule has 6 nitrogen and oxygen atoms in total. The number of ether oxygens (including phenoxy) is 1. The van der Waals surface area contributed by atoms with Crippen molar-refractivity contribution in [3.63, 3.8) is 0 Å². The van der Waals surface area contributed by atoms with Crippen molar-refractivity contribution in [2.24, 2.45) is 5.92 Å². The third kappa shape index (κ3) is 7.68. The van der Waals surface area contributed by atoms with Crippen LogP contribution in [0.1, 0.15) is 37.7 Å². The first-order valence-corrected chi connectivity index (χ1v) is 14.2. The summed E-state index contributed by atoms with van der Waals surface area (Å²) in [5.41, 5.74) is 0.107. The Labute approximate surface area is 225 Å². The molecule has 2 aromatic rings. The molecule has 1 aliphatic rings. The van der Waals surface area contributed by atoms with Crippen LogP contribution in [0.25, 0.3) is 0 Å². The van der Waals surface area contributed by atoms with E-state index in [9.17, 15) is 30.8 Å². The minimum absolute atomic E-state index is 0.0430. The van der Waals surface area contributed by atoms with Gasteiger partial charge in [0.2, 0.25) is 15.9 Å². The van der Waals surface area contributed by atoms with Gasteiger partial charge in [0.15, 0.2) is 5.75 Å². The fourth-order valence-corrected chi connectivity index (χ4v) is 5.88. The van der Waals surface area contributed by atoms with E-state index in [-0.39, 0.29) is 40.3 Å². The van der Waals surface area contributed by atoms with Gasteiger partial charge in [-0.3, -0.25) is 4.79 Å². The van der Waals surface area contributed by atoms with Crippen molar-refractivity contribution in [3.05, 3.63) is 50.3 Å². The molecule has 1 fully saturated rings. The van der Waals surface area contributed by atoms with Crippen LogP contribution < -0.4 is 10.1 Å². The van der Waals surface area contributed by atoms with E-state index in [1.165, 1.54) is 10.4 Å². The van der Waals surface area contributed by atoms with Gasteiger partial charge in [-0.1, -0.05) is 11.6 Å². The van der Waals surface area contributed by atoms with E-state index < -0.39 is 27.9 Å². The number of hydrogen-bond donors (Lipinski definition) is 1. The summed E-state index contributed by atoms with van der Waals surface area (Å²) in [4.78, 5) is 12.5. The average molecular weight is 663 g/mol. The summed E-state index contributed by atoms with van der Waals surface area (Å²) in [7, 11) is -3.24. The van der Waals surface area contributed by atoms with Crippen LogP contribution in [0.3, 0.4) is 0 Å². The van der Waals surface area contributed by atoms with Crippen LogP contribution in [0.15, 0.2) is 30.3 Å². The predicted octanol–water partition coefficient (Wildman–Crippen LogP) is 6.54.